The first-order chi connectivity index (χ1) is 4.22. The molecule has 1 aliphatic carbocycles. The van der Waals surface area contributed by atoms with Gasteiger partial charge in [-0.15, -0.1) is 24.8 Å². The van der Waals surface area contributed by atoms with Crippen LogP contribution < -0.4 is 5.73 Å². The minimum atomic E-state index is 0. The highest BCUT2D eigenvalue weighted by molar-refractivity contribution is 5.85. The fourth-order valence-electron chi connectivity index (χ4n) is 1.61. The number of likely N-dealkylation sites (N-methyl/N-ethyl adjacent to an activating group) is 1. The lowest BCUT2D eigenvalue weighted by Crippen LogP contribution is -2.39. The van der Waals surface area contributed by atoms with Crippen molar-refractivity contribution in [1.82, 2.24) is 4.90 Å². The lowest BCUT2D eigenvalue weighted by Gasteiger charge is -2.22. The molecule has 0 saturated heterocycles. The molecular formula is C7H18Cl2N2. The summed E-state index contributed by atoms with van der Waals surface area (Å²) in [5, 5.41) is 0. The Hall–Kier alpha value is 0.500. The van der Waals surface area contributed by atoms with Gasteiger partial charge in [0.1, 0.15) is 0 Å². The lowest BCUT2D eigenvalue weighted by atomic mass is 10.2. The molecule has 4 heteroatoms. The molecule has 2 nitrogen and oxygen atoms in total. The van der Waals surface area contributed by atoms with Crippen LogP contribution in [0.4, 0.5) is 0 Å². The van der Waals surface area contributed by atoms with E-state index in [1.54, 1.807) is 0 Å². The van der Waals surface area contributed by atoms with E-state index >= 15 is 0 Å². The molecule has 1 saturated carbocycles. The van der Waals surface area contributed by atoms with Crippen molar-refractivity contribution >= 4 is 24.8 Å². The Morgan fingerprint density at radius 3 is 1.91 bits per heavy atom. The van der Waals surface area contributed by atoms with Gasteiger partial charge in [0.2, 0.25) is 0 Å². The van der Waals surface area contributed by atoms with Gasteiger partial charge < -0.3 is 10.6 Å². The van der Waals surface area contributed by atoms with E-state index < -0.39 is 0 Å². The van der Waals surface area contributed by atoms with E-state index in [1.807, 2.05) is 0 Å². The SMILES string of the molecule is CN(C)C1CCCC1N.Cl.Cl. The maximum absolute atomic E-state index is 5.84. The average molecular weight is 201 g/mol. The van der Waals surface area contributed by atoms with E-state index in [-0.39, 0.29) is 24.8 Å². The molecule has 70 valence electrons. The first kappa shape index (κ1) is 14.0. The van der Waals surface area contributed by atoms with Crippen molar-refractivity contribution in [3.05, 3.63) is 0 Å². The van der Waals surface area contributed by atoms with Gasteiger partial charge in [0.05, 0.1) is 0 Å². The van der Waals surface area contributed by atoms with Gasteiger partial charge in [-0.05, 0) is 26.9 Å². The van der Waals surface area contributed by atoms with E-state index in [4.69, 9.17) is 5.73 Å². The monoisotopic (exact) mass is 200 g/mol. The predicted molar refractivity (Wildman–Crippen MR) is 53.8 cm³/mol. The molecule has 0 radical (unpaired) electrons. The second-order valence-electron chi connectivity index (χ2n) is 3.13. The van der Waals surface area contributed by atoms with Gasteiger partial charge in [-0.3, -0.25) is 0 Å². The Balaban J connectivity index is 0. The van der Waals surface area contributed by atoms with Gasteiger partial charge in [0.25, 0.3) is 0 Å². The number of nitrogens with zero attached hydrogens (tertiary/aromatic N) is 1. The molecule has 0 aliphatic heterocycles. The fourth-order valence-corrected chi connectivity index (χ4v) is 1.61. The second-order valence-corrected chi connectivity index (χ2v) is 3.13. The summed E-state index contributed by atoms with van der Waals surface area (Å²) in [5.74, 6) is 0. The third-order valence-electron chi connectivity index (χ3n) is 2.19. The van der Waals surface area contributed by atoms with Crippen LogP contribution >= 0.6 is 24.8 Å². The first-order valence-electron chi connectivity index (χ1n) is 3.64. The Bertz CT molecular complexity index is 98.4. The minimum Gasteiger partial charge on any atom is -0.326 e. The number of hydrogen-bond acceptors (Lipinski definition) is 2. The van der Waals surface area contributed by atoms with Crippen molar-refractivity contribution in [3.63, 3.8) is 0 Å². The lowest BCUT2D eigenvalue weighted by molar-refractivity contribution is 0.277. The van der Waals surface area contributed by atoms with E-state index in [2.05, 4.69) is 19.0 Å². The maximum atomic E-state index is 5.84. The standard InChI is InChI=1S/C7H16N2.2ClH/c1-9(2)7-5-3-4-6(7)8;;/h6-7H,3-5,8H2,1-2H3;2*1H. The van der Waals surface area contributed by atoms with Crippen LogP contribution in [-0.2, 0) is 0 Å². The third-order valence-corrected chi connectivity index (χ3v) is 2.19. The van der Waals surface area contributed by atoms with Crippen molar-refractivity contribution in [1.29, 1.82) is 0 Å². The van der Waals surface area contributed by atoms with E-state index in [0.29, 0.717) is 12.1 Å². The second kappa shape index (κ2) is 6.06. The number of nitrogens with two attached hydrogens (primary N) is 1. The Morgan fingerprint density at radius 2 is 1.73 bits per heavy atom. The molecule has 2 N–H and O–H groups in total. The van der Waals surface area contributed by atoms with Crippen LogP contribution in [0.5, 0.6) is 0 Å². The van der Waals surface area contributed by atoms with Gasteiger partial charge in [-0.1, -0.05) is 6.42 Å². The van der Waals surface area contributed by atoms with Gasteiger partial charge in [0, 0.05) is 12.1 Å². The maximum Gasteiger partial charge on any atom is 0.0241 e. The van der Waals surface area contributed by atoms with Crippen molar-refractivity contribution < 1.29 is 0 Å². The van der Waals surface area contributed by atoms with Crippen molar-refractivity contribution in [2.24, 2.45) is 5.73 Å². The Kier molecular flexibility index (Phi) is 7.75. The van der Waals surface area contributed by atoms with Crippen LogP contribution in [0.3, 0.4) is 0 Å². The molecule has 0 aromatic rings. The molecule has 2 unspecified atom stereocenters. The normalized spacial score (nSPS) is 29.5. The fraction of sp³-hybridized carbons (Fsp3) is 1.00. The average Bonchev–Trinajstić information content (AvgIpc) is 2.13. The highest BCUT2D eigenvalue weighted by Gasteiger charge is 2.24. The summed E-state index contributed by atoms with van der Waals surface area (Å²) >= 11 is 0. The predicted octanol–water partition coefficient (Wildman–Crippen LogP) is 1.27. The summed E-state index contributed by atoms with van der Waals surface area (Å²) < 4.78 is 0. The van der Waals surface area contributed by atoms with Crippen LogP contribution in [0.15, 0.2) is 0 Å². The Labute approximate surface area is 81.3 Å². The molecule has 0 amide bonds. The molecule has 0 aromatic heterocycles. The van der Waals surface area contributed by atoms with Gasteiger partial charge in [0.15, 0.2) is 0 Å². The largest absolute Gasteiger partial charge is 0.326 e. The zero-order valence-electron chi connectivity index (χ0n) is 7.12. The zero-order chi connectivity index (χ0) is 6.85. The van der Waals surface area contributed by atoms with Gasteiger partial charge in [-0.2, -0.15) is 0 Å². The molecule has 1 rings (SSSR count). The molecule has 1 fully saturated rings. The van der Waals surface area contributed by atoms with E-state index in [9.17, 15) is 0 Å². The summed E-state index contributed by atoms with van der Waals surface area (Å²) in [6.07, 6.45) is 3.81. The van der Waals surface area contributed by atoms with Crippen molar-refractivity contribution in [2.75, 3.05) is 14.1 Å². The molecule has 2 atom stereocenters. The van der Waals surface area contributed by atoms with Crippen LogP contribution in [-0.4, -0.2) is 31.1 Å². The van der Waals surface area contributed by atoms with Crippen LogP contribution in [0.1, 0.15) is 19.3 Å². The van der Waals surface area contributed by atoms with Crippen LogP contribution in [0.25, 0.3) is 0 Å². The summed E-state index contributed by atoms with van der Waals surface area (Å²) in [4.78, 5) is 2.23. The van der Waals surface area contributed by atoms with Crippen LogP contribution in [0.2, 0.25) is 0 Å². The summed E-state index contributed by atoms with van der Waals surface area (Å²) in [5.41, 5.74) is 5.84. The van der Waals surface area contributed by atoms with E-state index in [1.165, 1.54) is 19.3 Å². The molecule has 0 bridgehead atoms. The van der Waals surface area contributed by atoms with Crippen LogP contribution in [0, 0.1) is 0 Å². The zero-order valence-corrected chi connectivity index (χ0v) is 8.75. The summed E-state index contributed by atoms with van der Waals surface area (Å²) in [6, 6.07) is 1.07. The van der Waals surface area contributed by atoms with E-state index in [0.717, 1.165) is 0 Å². The summed E-state index contributed by atoms with van der Waals surface area (Å²) in [7, 11) is 4.21. The highest BCUT2D eigenvalue weighted by atomic mass is 35.5. The molecule has 0 heterocycles. The highest BCUT2D eigenvalue weighted by Crippen LogP contribution is 2.20. The molecule has 0 aromatic carbocycles. The topological polar surface area (TPSA) is 29.3 Å². The first-order valence-corrected chi connectivity index (χ1v) is 3.64. The molecule has 0 spiro atoms. The van der Waals surface area contributed by atoms with Gasteiger partial charge in [-0.25, -0.2) is 0 Å². The Morgan fingerprint density at radius 1 is 1.18 bits per heavy atom. The van der Waals surface area contributed by atoms with Gasteiger partial charge >= 0.3 is 0 Å². The number of hydrogen-bond donors (Lipinski definition) is 1. The molecule has 1 aliphatic rings. The summed E-state index contributed by atoms with van der Waals surface area (Å²) in [6.45, 7) is 0. The quantitative estimate of drug-likeness (QED) is 0.692. The smallest absolute Gasteiger partial charge is 0.0241 e. The molecule has 11 heavy (non-hydrogen) atoms. The number of rotatable bonds is 1. The molecular weight excluding hydrogens is 183 g/mol. The minimum absolute atomic E-state index is 0. The third kappa shape index (κ3) is 3.61. The number of halogens is 2. The van der Waals surface area contributed by atoms with Crippen molar-refractivity contribution in [3.8, 4) is 0 Å². The van der Waals surface area contributed by atoms with Crippen molar-refractivity contribution in [2.45, 2.75) is 31.3 Å².